The third-order valence-corrected chi connectivity index (χ3v) is 3.51. The molecule has 4 heteroatoms. The van der Waals surface area contributed by atoms with Crippen LogP contribution in [0.5, 0.6) is 0 Å². The minimum absolute atomic E-state index is 0.242. The van der Waals surface area contributed by atoms with E-state index in [1.807, 2.05) is 36.4 Å². The molecule has 3 rings (SSSR count). The highest BCUT2D eigenvalue weighted by molar-refractivity contribution is 6.03. The standard InChI is InChI=1S/C17H15NO3/c19-16(14-9-5-2-6-10-14)18-15(12-21-17(18)20)11-13-7-3-1-4-8-13/h1-10,15H,11-12H2/t15-/m1/s1. The zero-order valence-corrected chi connectivity index (χ0v) is 11.4. The zero-order valence-electron chi connectivity index (χ0n) is 11.4. The summed E-state index contributed by atoms with van der Waals surface area (Å²) < 4.78 is 5.06. The Hall–Kier alpha value is -2.62. The van der Waals surface area contributed by atoms with Crippen molar-refractivity contribution in [3.8, 4) is 0 Å². The number of carbonyl (C=O) groups is 2. The topological polar surface area (TPSA) is 46.6 Å². The van der Waals surface area contributed by atoms with Crippen molar-refractivity contribution in [1.29, 1.82) is 0 Å². The molecule has 1 aliphatic rings. The number of hydrogen-bond acceptors (Lipinski definition) is 3. The molecule has 0 aliphatic carbocycles. The lowest BCUT2D eigenvalue weighted by molar-refractivity contribution is 0.0774. The maximum absolute atomic E-state index is 12.5. The number of amides is 2. The van der Waals surface area contributed by atoms with Gasteiger partial charge in [-0.3, -0.25) is 4.79 Å². The van der Waals surface area contributed by atoms with Gasteiger partial charge in [0.15, 0.2) is 0 Å². The molecule has 2 amide bonds. The number of ether oxygens (including phenoxy) is 1. The molecular weight excluding hydrogens is 266 g/mol. The van der Waals surface area contributed by atoms with Crippen LogP contribution in [-0.2, 0) is 11.2 Å². The van der Waals surface area contributed by atoms with E-state index in [0.717, 1.165) is 5.56 Å². The molecule has 2 aromatic carbocycles. The van der Waals surface area contributed by atoms with Crippen molar-refractivity contribution in [3.63, 3.8) is 0 Å². The average Bonchev–Trinajstić information content (AvgIpc) is 2.89. The third-order valence-electron chi connectivity index (χ3n) is 3.51. The van der Waals surface area contributed by atoms with Crippen molar-refractivity contribution in [2.45, 2.75) is 12.5 Å². The first-order chi connectivity index (χ1) is 10.3. The second kappa shape index (κ2) is 5.79. The van der Waals surface area contributed by atoms with E-state index in [2.05, 4.69) is 0 Å². The van der Waals surface area contributed by atoms with E-state index in [1.165, 1.54) is 4.90 Å². The fourth-order valence-corrected chi connectivity index (χ4v) is 2.47. The summed E-state index contributed by atoms with van der Waals surface area (Å²) in [5.41, 5.74) is 1.57. The Balaban J connectivity index is 1.81. The van der Waals surface area contributed by atoms with Gasteiger partial charge in [-0.05, 0) is 24.1 Å². The van der Waals surface area contributed by atoms with E-state index in [0.29, 0.717) is 12.0 Å². The minimum atomic E-state index is -0.565. The SMILES string of the molecule is O=C1OC[C@@H](Cc2ccccc2)N1C(=O)c1ccccc1. The number of hydrogen-bond donors (Lipinski definition) is 0. The van der Waals surface area contributed by atoms with Crippen LogP contribution in [0, 0.1) is 0 Å². The second-order valence-electron chi connectivity index (χ2n) is 4.96. The molecule has 4 nitrogen and oxygen atoms in total. The zero-order chi connectivity index (χ0) is 14.7. The Morgan fingerprint density at radius 2 is 1.67 bits per heavy atom. The Morgan fingerprint density at radius 1 is 1.05 bits per heavy atom. The summed E-state index contributed by atoms with van der Waals surface area (Å²) >= 11 is 0. The normalized spacial score (nSPS) is 17.6. The van der Waals surface area contributed by atoms with Crippen molar-refractivity contribution in [2.24, 2.45) is 0 Å². The van der Waals surface area contributed by atoms with E-state index in [9.17, 15) is 9.59 Å². The molecule has 0 unspecified atom stereocenters. The summed E-state index contributed by atoms with van der Waals surface area (Å²) in [5.74, 6) is -0.306. The van der Waals surface area contributed by atoms with E-state index in [1.54, 1.807) is 24.3 Å². The number of benzene rings is 2. The molecule has 106 valence electrons. The maximum atomic E-state index is 12.5. The molecule has 0 bridgehead atoms. The van der Waals surface area contributed by atoms with Gasteiger partial charge < -0.3 is 4.74 Å². The molecule has 1 atom stereocenters. The number of cyclic esters (lactones) is 1. The average molecular weight is 281 g/mol. The predicted octanol–water partition coefficient (Wildman–Crippen LogP) is 2.89. The quantitative estimate of drug-likeness (QED) is 0.869. The van der Waals surface area contributed by atoms with E-state index < -0.39 is 6.09 Å². The van der Waals surface area contributed by atoms with Gasteiger partial charge in [0.05, 0.1) is 6.04 Å². The van der Waals surface area contributed by atoms with Crippen LogP contribution in [0.25, 0.3) is 0 Å². The van der Waals surface area contributed by atoms with E-state index in [-0.39, 0.29) is 18.6 Å². The summed E-state index contributed by atoms with van der Waals surface area (Å²) in [4.78, 5) is 25.6. The van der Waals surface area contributed by atoms with Crippen LogP contribution in [0.1, 0.15) is 15.9 Å². The van der Waals surface area contributed by atoms with Gasteiger partial charge in [-0.2, -0.15) is 0 Å². The first-order valence-electron chi connectivity index (χ1n) is 6.85. The van der Waals surface area contributed by atoms with Gasteiger partial charge in [0.25, 0.3) is 5.91 Å². The van der Waals surface area contributed by atoms with Crippen molar-refractivity contribution >= 4 is 12.0 Å². The molecule has 0 N–H and O–H groups in total. The van der Waals surface area contributed by atoms with Gasteiger partial charge in [0.2, 0.25) is 0 Å². The Labute approximate surface area is 123 Å². The van der Waals surface area contributed by atoms with Crippen LogP contribution in [0.3, 0.4) is 0 Å². The lowest BCUT2D eigenvalue weighted by Crippen LogP contribution is -2.40. The number of nitrogens with zero attached hydrogens (tertiary/aromatic N) is 1. The summed E-state index contributed by atoms with van der Waals surface area (Å²) in [5, 5.41) is 0. The Kier molecular flexibility index (Phi) is 3.69. The highest BCUT2D eigenvalue weighted by Gasteiger charge is 2.38. The van der Waals surface area contributed by atoms with Crippen LogP contribution >= 0.6 is 0 Å². The molecule has 21 heavy (non-hydrogen) atoms. The van der Waals surface area contributed by atoms with Gasteiger partial charge in [-0.1, -0.05) is 48.5 Å². The number of rotatable bonds is 3. The summed E-state index contributed by atoms with van der Waals surface area (Å²) in [6.45, 7) is 0.242. The van der Waals surface area contributed by atoms with Crippen LogP contribution in [0.15, 0.2) is 60.7 Å². The summed E-state index contributed by atoms with van der Waals surface area (Å²) in [7, 11) is 0. The molecule has 2 aromatic rings. The van der Waals surface area contributed by atoms with Crippen LogP contribution in [-0.4, -0.2) is 29.5 Å². The van der Waals surface area contributed by atoms with Crippen LogP contribution in [0.4, 0.5) is 4.79 Å². The number of imide groups is 1. The van der Waals surface area contributed by atoms with Crippen molar-refractivity contribution in [1.82, 2.24) is 4.90 Å². The molecule has 0 radical (unpaired) electrons. The fourth-order valence-electron chi connectivity index (χ4n) is 2.47. The number of carbonyl (C=O) groups excluding carboxylic acids is 2. The van der Waals surface area contributed by atoms with Gasteiger partial charge in [-0.25, -0.2) is 9.69 Å². The van der Waals surface area contributed by atoms with Crippen LogP contribution < -0.4 is 0 Å². The lowest BCUT2D eigenvalue weighted by Gasteiger charge is -2.19. The predicted molar refractivity (Wildman–Crippen MR) is 77.9 cm³/mol. The maximum Gasteiger partial charge on any atom is 0.417 e. The summed E-state index contributed by atoms with van der Waals surface area (Å²) in [6, 6.07) is 18.3. The largest absolute Gasteiger partial charge is 0.447 e. The molecule has 0 spiro atoms. The summed E-state index contributed by atoms with van der Waals surface area (Å²) in [6.07, 6.45) is 0.0373. The minimum Gasteiger partial charge on any atom is -0.447 e. The third kappa shape index (κ3) is 2.79. The molecule has 0 saturated carbocycles. The highest BCUT2D eigenvalue weighted by atomic mass is 16.6. The first-order valence-corrected chi connectivity index (χ1v) is 6.85. The van der Waals surface area contributed by atoms with Crippen molar-refractivity contribution in [2.75, 3.05) is 6.61 Å². The Bertz CT molecular complexity index is 640. The monoisotopic (exact) mass is 281 g/mol. The fraction of sp³-hybridized carbons (Fsp3) is 0.176. The molecular formula is C17H15NO3. The smallest absolute Gasteiger partial charge is 0.417 e. The highest BCUT2D eigenvalue weighted by Crippen LogP contribution is 2.20. The van der Waals surface area contributed by atoms with Gasteiger partial charge in [0.1, 0.15) is 6.61 Å². The molecule has 1 aliphatic heterocycles. The first kappa shape index (κ1) is 13.4. The molecule has 0 aromatic heterocycles. The Morgan fingerprint density at radius 3 is 2.33 bits per heavy atom. The molecule has 1 heterocycles. The van der Waals surface area contributed by atoms with E-state index in [4.69, 9.17) is 4.74 Å². The molecule has 1 fully saturated rings. The lowest BCUT2D eigenvalue weighted by atomic mass is 10.1. The van der Waals surface area contributed by atoms with Gasteiger partial charge in [-0.15, -0.1) is 0 Å². The van der Waals surface area contributed by atoms with Crippen LogP contribution in [0.2, 0.25) is 0 Å². The second-order valence-corrected chi connectivity index (χ2v) is 4.96. The van der Waals surface area contributed by atoms with Crippen molar-refractivity contribution < 1.29 is 14.3 Å². The van der Waals surface area contributed by atoms with E-state index >= 15 is 0 Å². The van der Waals surface area contributed by atoms with Crippen molar-refractivity contribution in [3.05, 3.63) is 71.8 Å². The van der Waals surface area contributed by atoms with Gasteiger partial charge in [0, 0.05) is 5.56 Å². The van der Waals surface area contributed by atoms with Gasteiger partial charge >= 0.3 is 6.09 Å². The molecule has 1 saturated heterocycles.